The molecule has 29 heavy (non-hydrogen) atoms. The first kappa shape index (κ1) is 21.1. The number of amides is 1. The maximum absolute atomic E-state index is 12.7. The van der Waals surface area contributed by atoms with Gasteiger partial charge in [-0.25, -0.2) is 0 Å². The first-order valence-electron chi connectivity index (χ1n) is 9.33. The molecule has 1 amide bonds. The Kier molecular flexibility index (Phi) is 6.76. The Balaban J connectivity index is 1.72. The fourth-order valence-electron chi connectivity index (χ4n) is 3.12. The number of nitrogens with zero attached hydrogens (tertiary/aromatic N) is 1. The highest BCUT2D eigenvalue weighted by Crippen LogP contribution is 2.23. The number of nitrogens with one attached hydrogen (secondary N) is 1. The number of halogens is 3. The summed E-state index contributed by atoms with van der Waals surface area (Å²) in [6.45, 7) is 5.46. The average molecular weight is 408 g/mol. The van der Waals surface area contributed by atoms with E-state index < -0.39 is 6.36 Å². The van der Waals surface area contributed by atoms with Gasteiger partial charge in [-0.3, -0.25) is 9.69 Å². The Bertz CT molecular complexity index is 801. The number of carbonyl (C=O) groups excluding carboxylic acids is 1. The molecule has 1 atom stereocenters. The van der Waals surface area contributed by atoms with Crippen LogP contribution < -0.4 is 10.1 Å². The zero-order chi connectivity index (χ0) is 20.9. The van der Waals surface area contributed by atoms with Gasteiger partial charge in [0, 0.05) is 25.2 Å². The van der Waals surface area contributed by atoms with Crippen LogP contribution in [0.5, 0.6) is 5.75 Å². The zero-order valence-corrected chi connectivity index (χ0v) is 16.0. The van der Waals surface area contributed by atoms with Crippen molar-refractivity contribution in [3.8, 4) is 5.75 Å². The zero-order valence-electron chi connectivity index (χ0n) is 16.0. The minimum absolute atomic E-state index is 0.257. The summed E-state index contributed by atoms with van der Waals surface area (Å²) in [6, 6.07) is 12.5. The molecule has 1 heterocycles. The molecule has 1 N–H and O–H groups in total. The summed E-state index contributed by atoms with van der Waals surface area (Å²) in [5.41, 5.74) is 2.34. The van der Waals surface area contributed by atoms with Crippen LogP contribution in [-0.2, 0) is 4.74 Å². The van der Waals surface area contributed by atoms with Crippen molar-refractivity contribution in [1.29, 1.82) is 0 Å². The quantitative estimate of drug-likeness (QED) is 0.792. The molecule has 8 heteroatoms. The van der Waals surface area contributed by atoms with Crippen molar-refractivity contribution in [2.24, 2.45) is 0 Å². The molecule has 2 aromatic carbocycles. The summed E-state index contributed by atoms with van der Waals surface area (Å²) in [4.78, 5) is 14.9. The van der Waals surface area contributed by atoms with E-state index in [0.717, 1.165) is 36.3 Å². The normalized spacial score (nSPS) is 16.3. The van der Waals surface area contributed by atoms with Crippen LogP contribution in [0.15, 0.2) is 48.5 Å². The molecule has 0 saturated carbocycles. The highest BCUT2D eigenvalue weighted by atomic mass is 19.4. The van der Waals surface area contributed by atoms with E-state index >= 15 is 0 Å². The predicted molar refractivity (Wildman–Crippen MR) is 102 cm³/mol. The molecular formula is C21H23F3N2O3. The largest absolute Gasteiger partial charge is 0.573 e. The summed E-state index contributed by atoms with van der Waals surface area (Å²) in [6.07, 6.45) is -4.77. The molecule has 0 spiro atoms. The van der Waals surface area contributed by atoms with Crippen molar-refractivity contribution >= 4 is 5.91 Å². The monoisotopic (exact) mass is 408 g/mol. The standard InChI is InChI=1S/C21H23F3N2O3/c1-15-2-4-16(5-3-15)19(14-26-10-12-28-13-11-26)25-20(27)17-6-8-18(9-7-17)29-21(22,23)24/h2-9,19H,10-14H2,1H3,(H,25,27)/t19-/m0/s1. The summed E-state index contributed by atoms with van der Waals surface area (Å²) in [5, 5.41) is 3.00. The number of hydrogen-bond acceptors (Lipinski definition) is 4. The van der Waals surface area contributed by atoms with Crippen molar-refractivity contribution in [3.63, 3.8) is 0 Å². The van der Waals surface area contributed by atoms with Crippen LogP contribution in [0.25, 0.3) is 0 Å². The molecule has 0 aliphatic carbocycles. The number of carbonyl (C=O) groups is 1. The molecule has 0 unspecified atom stereocenters. The van der Waals surface area contributed by atoms with Crippen molar-refractivity contribution in [3.05, 3.63) is 65.2 Å². The number of rotatable bonds is 6. The average Bonchev–Trinajstić information content (AvgIpc) is 2.68. The van der Waals surface area contributed by atoms with Crippen LogP contribution in [0.1, 0.15) is 27.5 Å². The van der Waals surface area contributed by atoms with Crippen LogP contribution in [0.3, 0.4) is 0 Å². The number of aryl methyl sites for hydroxylation is 1. The topological polar surface area (TPSA) is 50.8 Å². The SMILES string of the molecule is Cc1ccc([C@H](CN2CCOCC2)NC(=O)c2ccc(OC(F)(F)F)cc2)cc1. The Morgan fingerprint density at radius 1 is 1.10 bits per heavy atom. The fraction of sp³-hybridized carbons (Fsp3) is 0.381. The Morgan fingerprint density at radius 2 is 1.72 bits per heavy atom. The lowest BCUT2D eigenvalue weighted by molar-refractivity contribution is -0.274. The second-order valence-corrected chi connectivity index (χ2v) is 6.92. The maximum Gasteiger partial charge on any atom is 0.573 e. The molecule has 0 aromatic heterocycles. The van der Waals surface area contributed by atoms with Crippen LogP contribution in [0.4, 0.5) is 13.2 Å². The van der Waals surface area contributed by atoms with Crippen molar-refractivity contribution in [2.45, 2.75) is 19.3 Å². The van der Waals surface area contributed by atoms with Gasteiger partial charge in [0.2, 0.25) is 0 Å². The number of alkyl halides is 3. The van der Waals surface area contributed by atoms with Gasteiger partial charge in [0.25, 0.3) is 5.91 Å². The van der Waals surface area contributed by atoms with E-state index in [1.54, 1.807) is 0 Å². The summed E-state index contributed by atoms with van der Waals surface area (Å²) < 4.78 is 46.1. The van der Waals surface area contributed by atoms with Gasteiger partial charge < -0.3 is 14.8 Å². The lowest BCUT2D eigenvalue weighted by Gasteiger charge is -2.31. The highest BCUT2D eigenvalue weighted by Gasteiger charge is 2.31. The Morgan fingerprint density at radius 3 is 2.31 bits per heavy atom. The molecule has 5 nitrogen and oxygen atoms in total. The van der Waals surface area contributed by atoms with E-state index in [0.29, 0.717) is 19.8 Å². The fourth-order valence-corrected chi connectivity index (χ4v) is 3.12. The van der Waals surface area contributed by atoms with Crippen LogP contribution >= 0.6 is 0 Å². The van der Waals surface area contributed by atoms with Crippen molar-refractivity contribution in [1.82, 2.24) is 10.2 Å². The van der Waals surface area contributed by atoms with Crippen LogP contribution in [-0.4, -0.2) is 50.0 Å². The molecule has 1 saturated heterocycles. The number of hydrogen-bond donors (Lipinski definition) is 1. The molecule has 1 aliphatic rings. The molecule has 1 aliphatic heterocycles. The molecule has 3 rings (SSSR count). The third-order valence-corrected chi connectivity index (χ3v) is 4.68. The summed E-state index contributed by atoms with van der Waals surface area (Å²) in [7, 11) is 0. The molecule has 1 fully saturated rings. The predicted octanol–water partition coefficient (Wildman–Crippen LogP) is 3.70. The maximum atomic E-state index is 12.7. The van der Waals surface area contributed by atoms with Gasteiger partial charge in [-0.05, 0) is 36.8 Å². The lowest BCUT2D eigenvalue weighted by atomic mass is 10.0. The third kappa shape index (κ3) is 6.47. The minimum atomic E-state index is -4.77. The molecular weight excluding hydrogens is 385 g/mol. The minimum Gasteiger partial charge on any atom is -0.406 e. The van der Waals surface area contributed by atoms with E-state index in [2.05, 4.69) is 15.0 Å². The highest BCUT2D eigenvalue weighted by molar-refractivity contribution is 5.94. The Labute approximate surface area is 167 Å². The van der Waals surface area contributed by atoms with Crippen LogP contribution in [0, 0.1) is 6.92 Å². The van der Waals surface area contributed by atoms with Crippen LogP contribution in [0.2, 0.25) is 0 Å². The van der Waals surface area contributed by atoms with E-state index in [4.69, 9.17) is 4.74 Å². The molecule has 0 radical (unpaired) electrons. The first-order chi connectivity index (χ1) is 13.8. The van der Waals surface area contributed by atoms with Gasteiger partial charge >= 0.3 is 6.36 Å². The van der Waals surface area contributed by atoms with Gasteiger partial charge in [0.1, 0.15) is 5.75 Å². The number of benzene rings is 2. The second kappa shape index (κ2) is 9.28. The Hall–Kier alpha value is -2.58. The number of ether oxygens (including phenoxy) is 2. The molecule has 156 valence electrons. The summed E-state index contributed by atoms with van der Waals surface area (Å²) >= 11 is 0. The van der Waals surface area contributed by atoms with E-state index in [1.807, 2.05) is 31.2 Å². The van der Waals surface area contributed by atoms with Gasteiger partial charge in [-0.2, -0.15) is 0 Å². The van der Waals surface area contributed by atoms with E-state index in [1.165, 1.54) is 12.1 Å². The van der Waals surface area contributed by atoms with E-state index in [-0.39, 0.29) is 23.3 Å². The molecule has 2 aromatic rings. The van der Waals surface area contributed by atoms with Gasteiger partial charge in [-0.1, -0.05) is 29.8 Å². The van der Waals surface area contributed by atoms with E-state index in [9.17, 15) is 18.0 Å². The van der Waals surface area contributed by atoms with Gasteiger partial charge in [0.05, 0.1) is 19.3 Å². The van der Waals surface area contributed by atoms with Crippen molar-refractivity contribution < 1.29 is 27.4 Å². The summed E-state index contributed by atoms with van der Waals surface area (Å²) in [5.74, 6) is -0.722. The van der Waals surface area contributed by atoms with Gasteiger partial charge in [0.15, 0.2) is 0 Å². The van der Waals surface area contributed by atoms with Crippen molar-refractivity contribution in [2.75, 3.05) is 32.8 Å². The second-order valence-electron chi connectivity index (χ2n) is 6.92. The number of morpholine rings is 1. The van der Waals surface area contributed by atoms with Gasteiger partial charge in [-0.15, -0.1) is 13.2 Å². The molecule has 0 bridgehead atoms. The lowest BCUT2D eigenvalue weighted by Crippen LogP contribution is -2.43. The third-order valence-electron chi connectivity index (χ3n) is 4.68. The first-order valence-corrected chi connectivity index (χ1v) is 9.33. The smallest absolute Gasteiger partial charge is 0.406 e.